The van der Waals surface area contributed by atoms with Gasteiger partial charge in [0.1, 0.15) is 0 Å². The molecule has 0 fully saturated rings. The second-order valence-electron chi connectivity index (χ2n) is 8.71. The van der Waals surface area contributed by atoms with Gasteiger partial charge in [-0.15, -0.1) is 0 Å². The molecule has 172 valence electrons. The van der Waals surface area contributed by atoms with E-state index in [1.54, 1.807) is 0 Å². The molecule has 0 heterocycles. The van der Waals surface area contributed by atoms with E-state index in [0.717, 1.165) is 13.0 Å². The molecule has 1 unspecified atom stereocenters. The largest absolute Gasteiger partial charge is 0.348 e. The quantitative estimate of drug-likeness (QED) is 0.219. The van der Waals surface area contributed by atoms with Crippen LogP contribution < -0.4 is 10.6 Å². The summed E-state index contributed by atoms with van der Waals surface area (Å²) in [4.78, 5) is 12.2. The lowest BCUT2D eigenvalue weighted by molar-refractivity contribution is -0.121. The van der Waals surface area contributed by atoms with Crippen LogP contribution >= 0.6 is 0 Å². The molecule has 0 aliphatic carbocycles. The number of unbranched alkanes of at least 4 members (excludes halogenated alkanes) is 13. The van der Waals surface area contributed by atoms with Crippen molar-refractivity contribution < 1.29 is 4.79 Å². The molecule has 0 bridgehead atoms. The van der Waals surface area contributed by atoms with Gasteiger partial charge in [0.05, 0.1) is 12.6 Å². The lowest BCUT2D eigenvalue weighted by atomic mass is 10.0. The zero-order valence-electron chi connectivity index (χ0n) is 19.9. The summed E-state index contributed by atoms with van der Waals surface area (Å²) < 4.78 is 0. The van der Waals surface area contributed by atoms with Gasteiger partial charge in [-0.1, -0.05) is 128 Å². The second-order valence-corrected chi connectivity index (χ2v) is 8.71. The van der Waals surface area contributed by atoms with Gasteiger partial charge in [0.2, 0.25) is 5.91 Å². The van der Waals surface area contributed by atoms with Crippen LogP contribution in [0.3, 0.4) is 0 Å². The van der Waals surface area contributed by atoms with Gasteiger partial charge >= 0.3 is 0 Å². The van der Waals surface area contributed by atoms with E-state index in [0.29, 0.717) is 6.54 Å². The van der Waals surface area contributed by atoms with Crippen molar-refractivity contribution in [3.05, 3.63) is 35.9 Å². The van der Waals surface area contributed by atoms with Gasteiger partial charge in [-0.3, -0.25) is 4.79 Å². The molecule has 30 heavy (non-hydrogen) atoms. The first-order valence-electron chi connectivity index (χ1n) is 12.8. The van der Waals surface area contributed by atoms with Crippen molar-refractivity contribution in [2.24, 2.45) is 0 Å². The molecule has 3 nitrogen and oxygen atoms in total. The number of nitrogens with one attached hydrogen (secondary N) is 2. The van der Waals surface area contributed by atoms with Crippen LogP contribution in [0, 0.1) is 0 Å². The van der Waals surface area contributed by atoms with Crippen LogP contribution in [0.4, 0.5) is 0 Å². The maximum atomic E-state index is 12.2. The second kappa shape index (κ2) is 19.6. The van der Waals surface area contributed by atoms with Gasteiger partial charge in [-0.25, -0.2) is 0 Å². The standard InChI is InChI=1S/C27H48N2O/c1-3-5-6-7-8-9-10-11-12-13-14-15-16-20-23-28-24-27(30)29-26(4-2)25-21-18-17-19-22-25/h17-19,21-22,26,28H,3-16,20,23-24H2,1-2H3,(H,29,30). The molecule has 0 aliphatic heterocycles. The molecular formula is C27H48N2O. The summed E-state index contributed by atoms with van der Waals surface area (Å²) >= 11 is 0. The van der Waals surface area contributed by atoms with Crippen molar-refractivity contribution in [1.29, 1.82) is 0 Å². The van der Waals surface area contributed by atoms with Gasteiger partial charge in [0, 0.05) is 0 Å². The highest BCUT2D eigenvalue weighted by atomic mass is 16.1. The molecular weight excluding hydrogens is 368 g/mol. The summed E-state index contributed by atoms with van der Waals surface area (Å²) in [5.74, 6) is 0.0936. The fourth-order valence-corrected chi connectivity index (χ4v) is 4.00. The predicted octanol–water partition coefficient (Wildman–Crippen LogP) is 7.32. The molecule has 1 atom stereocenters. The molecule has 0 spiro atoms. The lowest BCUT2D eigenvalue weighted by Gasteiger charge is -2.17. The Kier molecular flexibility index (Phi) is 17.4. The molecule has 0 radical (unpaired) electrons. The average molecular weight is 417 g/mol. The molecule has 1 aromatic carbocycles. The average Bonchev–Trinajstić information content (AvgIpc) is 2.77. The first-order valence-corrected chi connectivity index (χ1v) is 12.8. The highest BCUT2D eigenvalue weighted by Crippen LogP contribution is 2.15. The van der Waals surface area contributed by atoms with E-state index >= 15 is 0 Å². The molecule has 1 rings (SSSR count). The fraction of sp³-hybridized carbons (Fsp3) is 0.741. The smallest absolute Gasteiger partial charge is 0.234 e. The Balaban J connectivity index is 1.86. The summed E-state index contributed by atoms with van der Waals surface area (Å²) in [6.07, 6.45) is 20.2. The van der Waals surface area contributed by atoms with Gasteiger partial charge in [-0.2, -0.15) is 0 Å². The topological polar surface area (TPSA) is 41.1 Å². The van der Waals surface area contributed by atoms with Crippen molar-refractivity contribution in [3.63, 3.8) is 0 Å². The van der Waals surface area contributed by atoms with E-state index in [2.05, 4.69) is 36.6 Å². The van der Waals surface area contributed by atoms with Crippen LogP contribution in [0.2, 0.25) is 0 Å². The zero-order valence-corrected chi connectivity index (χ0v) is 19.9. The number of rotatable bonds is 20. The van der Waals surface area contributed by atoms with Crippen molar-refractivity contribution in [2.75, 3.05) is 13.1 Å². The Morgan fingerprint density at radius 2 is 1.23 bits per heavy atom. The van der Waals surface area contributed by atoms with Crippen molar-refractivity contribution in [3.8, 4) is 0 Å². The first-order chi connectivity index (χ1) is 14.8. The van der Waals surface area contributed by atoms with E-state index < -0.39 is 0 Å². The van der Waals surface area contributed by atoms with Crippen LogP contribution in [0.25, 0.3) is 0 Å². The molecule has 2 N–H and O–H groups in total. The number of amides is 1. The predicted molar refractivity (Wildman–Crippen MR) is 131 cm³/mol. The minimum Gasteiger partial charge on any atom is -0.348 e. The molecule has 0 aromatic heterocycles. The Hall–Kier alpha value is -1.35. The highest BCUT2D eigenvalue weighted by Gasteiger charge is 2.11. The number of hydrogen-bond acceptors (Lipinski definition) is 2. The van der Waals surface area contributed by atoms with E-state index in [9.17, 15) is 4.79 Å². The van der Waals surface area contributed by atoms with Crippen molar-refractivity contribution in [1.82, 2.24) is 10.6 Å². The zero-order chi connectivity index (χ0) is 21.7. The molecule has 1 amide bonds. The Morgan fingerprint density at radius 1 is 0.733 bits per heavy atom. The maximum absolute atomic E-state index is 12.2. The summed E-state index contributed by atoms with van der Waals surface area (Å²) in [5.41, 5.74) is 1.18. The van der Waals surface area contributed by atoms with E-state index in [-0.39, 0.29) is 11.9 Å². The SMILES string of the molecule is CCCCCCCCCCCCCCCCNCC(=O)NC(CC)c1ccccc1. The van der Waals surface area contributed by atoms with Gasteiger partial charge in [-0.05, 0) is 24.9 Å². The lowest BCUT2D eigenvalue weighted by Crippen LogP contribution is -2.36. The third-order valence-corrected chi connectivity index (χ3v) is 5.94. The molecule has 3 heteroatoms. The summed E-state index contributed by atoms with van der Waals surface area (Å²) in [6.45, 7) is 5.75. The number of benzene rings is 1. The van der Waals surface area contributed by atoms with Crippen molar-refractivity contribution >= 4 is 5.91 Å². The van der Waals surface area contributed by atoms with Crippen LogP contribution in [0.1, 0.15) is 122 Å². The molecule has 0 saturated heterocycles. The number of carbonyl (C=O) groups excluding carboxylic acids is 1. The van der Waals surface area contributed by atoms with Crippen molar-refractivity contribution in [2.45, 2.75) is 116 Å². The van der Waals surface area contributed by atoms with Gasteiger partial charge in [0.25, 0.3) is 0 Å². The van der Waals surface area contributed by atoms with Crippen LogP contribution in [0.5, 0.6) is 0 Å². The number of hydrogen-bond donors (Lipinski definition) is 2. The molecule has 1 aromatic rings. The number of carbonyl (C=O) groups is 1. The van der Waals surface area contributed by atoms with Crippen LogP contribution in [0.15, 0.2) is 30.3 Å². The third-order valence-electron chi connectivity index (χ3n) is 5.94. The molecule has 0 aliphatic rings. The van der Waals surface area contributed by atoms with Crippen LogP contribution in [-0.4, -0.2) is 19.0 Å². The highest BCUT2D eigenvalue weighted by molar-refractivity contribution is 5.78. The minimum atomic E-state index is 0.0936. The van der Waals surface area contributed by atoms with Crippen LogP contribution in [-0.2, 0) is 4.79 Å². The Bertz CT molecular complexity index is 503. The fourth-order valence-electron chi connectivity index (χ4n) is 4.00. The molecule has 0 saturated carbocycles. The van der Waals surface area contributed by atoms with Gasteiger partial charge in [0.15, 0.2) is 0 Å². The summed E-state index contributed by atoms with van der Waals surface area (Å²) in [6, 6.07) is 10.3. The normalized spacial score (nSPS) is 12.1. The van der Waals surface area contributed by atoms with Gasteiger partial charge < -0.3 is 10.6 Å². The Morgan fingerprint density at radius 3 is 1.73 bits per heavy atom. The van der Waals surface area contributed by atoms with E-state index in [4.69, 9.17) is 0 Å². The third kappa shape index (κ3) is 14.6. The summed E-state index contributed by atoms with van der Waals surface area (Å²) in [5, 5.41) is 6.43. The summed E-state index contributed by atoms with van der Waals surface area (Å²) in [7, 11) is 0. The Labute approximate surface area is 186 Å². The van der Waals surface area contributed by atoms with E-state index in [1.807, 2.05) is 18.2 Å². The minimum absolute atomic E-state index is 0.0936. The first kappa shape index (κ1) is 26.7. The maximum Gasteiger partial charge on any atom is 0.234 e. The monoisotopic (exact) mass is 416 g/mol. The van der Waals surface area contributed by atoms with E-state index in [1.165, 1.54) is 95.5 Å².